The normalized spacial score (nSPS) is 16.6. The maximum Gasteiger partial charge on any atom is 0.124 e. The molecule has 1 aromatic carbocycles. The fourth-order valence-corrected chi connectivity index (χ4v) is 2.45. The number of benzene rings is 1. The highest BCUT2D eigenvalue weighted by Gasteiger charge is 2.14. The maximum absolute atomic E-state index is 7.70. The number of rotatable bonds is 2. The summed E-state index contributed by atoms with van der Waals surface area (Å²) >= 11 is 0. The van der Waals surface area contributed by atoms with Crippen LogP contribution in [0.4, 0.5) is 5.69 Å². The predicted octanol–water partition coefficient (Wildman–Crippen LogP) is 2.66. The molecule has 3 nitrogen and oxygen atoms in total. The third-order valence-electron chi connectivity index (χ3n) is 3.39. The van der Waals surface area contributed by atoms with Crippen molar-refractivity contribution in [2.24, 2.45) is 5.73 Å². The number of aryl methyl sites for hydroxylation is 1. The van der Waals surface area contributed by atoms with Crippen LogP contribution in [-0.4, -0.2) is 18.9 Å². The summed E-state index contributed by atoms with van der Waals surface area (Å²) in [5, 5.41) is 7.70. The average Bonchev–Trinajstić information content (AvgIpc) is 2.57. The first-order chi connectivity index (χ1) is 8.18. The number of nitrogen functional groups attached to an aromatic ring is 1. The zero-order valence-electron chi connectivity index (χ0n) is 10.5. The summed E-state index contributed by atoms with van der Waals surface area (Å²) in [6.45, 7) is 4.21. The molecular weight excluding hydrogens is 210 g/mol. The molecule has 0 radical (unpaired) electrons. The zero-order chi connectivity index (χ0) is 12.3. The lowest BCUT2D eigenvalue weighted by Crippen LogP contribution is -2.27. The van der Waals surface area contributed by atoms with Crippen LogP contribution in [0.25, 0.3) is 0 Å². The van der Waals surface area contributed by atoms with Crippen LogP contribution in [0, 0.1) is 12.3 Å². The molecule has 92 valence electrons. The second-order valence-electron chi connectivity index (χ2n) is 4.84. The molecule has 0 aliphatic carbocycles. The first kappa shape index (κ1) is 12.0. The van der Waals surface area contributed by atoms with E-state index in [2.05, 4.69) is 17.0 Å². The third-order valence-corrected chi connectivity index (χ3v) is 3.39. The Kier molecular flexibility index (Phi) is 3.67. The molecule has 2 rings (SSSR count). The fraction of sp³-hybridized carbons (Fsp3) is 0.500. The standard InChI is InChI=1S/C14H21N3/c1-11-6-7-13(12(10-11)14(15)16)17-8-4-2-3-5-9-17/h6-7,10H,2-5,8-9H2,1H3,(H3,15,16). The summed E-state index contributed by atoms with van der Waals surface area (Å²) < 4.78 is 0. The molecule has 3 heteroatoms. The van der Waals surface area contributed by atoms with Crippen molar-refractivity contribution >= 4 is 11.5 Å². The van der Waals surface area contributed by atoms with Gasteiger partial charge < -0.3 is 10.6 Å². The van der Waals surface area contributed by atoms with Gasteiger partial charge in [-0.05, 0) is 31.9 Å². The molecule has 1 aromatic rings. The molecule has 1 aliphatic rings. The van der Waals surface area contributed by atoms with Crippen molar-refractivity contribution in [3.8, 4) is 0 Å². The van der Waals surface area contributed by atoms with Gasteiger partial charge in [0, 0.05) is 24.3 Å². The van der Waals surface area contributed by atoms with Crippen molar-refractivity contribution < 1.29 is 0 Å². The van der Waals surface area contributed by atoms with Gasteiger partial charge in [0.15, 0.2) is 0 Å². The molecule has 0 atom stereocenters. The minimum absolute atomic E-state index is 0.174. The number of amidine groups is 1. The molecule has 1 fully saturated rings. The Morgan fingerprint density at radius 3 is 2.41 bits per heavy atom. The minimum atomic E-state index is 0.174. The van der Waals surface area contributed by atoms with E-state index in [9.17, 15) is 0 Å². The Labute approximate surface area is 103 Å². The van der Waals surface area contributed by atoms with Crippen molar-refractivity contribution in [3.05, 3.63) is 29.3 Å². The van der Waals surface area contributed by atoms with E-state index in [0.717, 1.165) is 29.9 Å². The van der Waals surface area contributed by atoms with Gasteiger partial charge in [-0.3, -0.25) is 5.41 Å². The van der Waals surface area contributed by atoms with Gasteiger partial charge in [0.25, 0.3) is 0 Å². The van der Waals surface area contributed by atoms with Gasteiger partial charge in [0.05, 0.1) is 0 Å². The summed E-state index contributed by atoms with van der Waals surface area (Å²) in [5.41, 5.74) is 8.86. The van der Waals surface area contributed by atoms with Gasteiger partial charge in [-0.2, -0.15) is 0 Å². The number of hydrogen-bond donors (Lipinski definition) is 2. The molecule has 1 aliphatic heterocycles. The van der Waals surface area contributed by atoms with Gasteiger partial charge >= 0.3 is 0 Å². The molecule has 17 heavy (non-hydrogen) atoms. The smallest absolute Gasteiger partial charge is 0.124 e. The van der Waals surface area contributed by atoms with Gasteiger partial charge in [-0.25, -0.2) is 0 Å². The van der Waals surface area contributed by atoms with Crippen molar-refractivity contribution in [1.29, 1.82) is 5.41 Å². The topological polar surface area (TPSA) is 53.1 Å². The van der Waals surface area contributed by atoms with E-state index in [1.807, 2.05) is 13.0 Å². The van der Waals surface area contributed by atoms with Crippen LogP contribution in [0.15, 0.2) is 18.2 Å². The number of hydrogen-bond acceptors (Lipinski definition) is 2. The molecule has 0 unspecified atom stereocenters. The number of nitrogens with zero attached hydrogens (tertiary/aromatic N) is 1. The predicted molar refractivity (Wildman–Crippen MR) is 72.9 cm³/mol. The monoisotopic (exact) mass is 231 g/mol. The second-order valence-corrected chi connectivity index (χ2v) is 4.84. The van der Waals surface area contributed by atoms with Crippen molar-refractivity contribution in [3.63, 3.8) is 0 Å². The molecule has 0 aromatic heterocycles. The van der Waals surface area contributed by atoms with Crippen LogP contribution in [-0.2, 0) is 0 Å². The summed E-state index contributed by atoms with van der Waals surface area (Å²) in [7, 11) is 0. The third kappa shape index (κ3) is 2.78. The Bertz CT molecular complexity index is 404. The van der Waals surface area contributed by atoms with E-state index in [1.54, 1.807) is 0 Å². The van der Waals surface area contributed by atoms with Crippen molar-refractivity contribution in [2.45, 2.75) is 32.6 Å². The highest BCUT2D eigenvalue weighted by Crippen LogP contribution is 2.24. The second kappa shape index (κ2) is 5.21. The van der Waals surface area contributed by atoms with E-state index in [1.165, 1.54) is 25.7 Å². The van der Waals surface area contributed by atoms with Crippen molar-refractivity contribution in [1.82, 2.24) is 0 Å². The Morgan fingerprint density at radius 1 is 1.18 bits per heavy atom. The molecule has 0 saturated carbocycles. The van der Waals surface area contributed by atoms with Crippen LogP contribution in [0.3, 0.4) is 0 Å². The largest absolute Gasteiger partial charge is 0.384 e. The van der Waals surface area contributed by atoms with Gasteiger partial charge in [-0.1, -0.05) is 24.5 Å². The van der Waals surface area contributed by atoms with Crippen LogP contribution < -0.4 is 10.6 Å². The molecule has 0 bridgehead atoms. The van der Waals surface area contributed by atoms with Crippen LogP contribution >= 0.6 is 0 Å². The number of anilines is 1. The molecular formula is C14H21N3. The molecule has 3 N–H and O–H groups in total. The van der Waals surface area contributed by atoms with E-state index in [4.69, 9.17) is 11.1 Å². The lowest BCUT2D eigenvalue weighted by molar-refractivity contribution is 0.726. The Hall–Kier alpha value is -1.51. The summed E-state index contributed by atoms with van der Waals surface area (Å²) in [6.07, 6.45) is 5.12. The summed E-state index contributed by atoms with van der Waals surface area (Å²) in [4.78, 5) is 2.38. The van der Waals surface area contributed by atoms with Gasteiger partial charge in [0.1, 0.15) is 5.84 Å². The highest BCUT2D eigenvalue weighted by molar-refractivity contribution is 6.00. The first-order valence-electron chi connectivity index (χ1n) is 6.38. The molecule has 1 heterocycles. The zero-order valence-corrected chi connectivity index (χ0v) is 10.5. The first-order valence-corrected chi connectivity index (χ1v) is 6.38. The van der Waals surface area contributed by atoms with E-state index in [-0.39, 0.29) is 5.84 Å². The van der Waals surface area contributed by atoms with E-state index in [0.29, 0.717) is 0 Å². The summed E-state index contributed by atoms with van der Waals surface area (Å²) in [6, 6.07) is 6.23. The number of nitrogens with two attached hydrogens (primary N) is 1. The maximum atomic E-state index is 7.70. The lowest BCUT2D eigenvalue weighted by atomic mass is 10.1. The Balaban J connectivity index is 2.32. The van der Waals surface area contributed by atoms with Crippen LogP contribution in [0.5, 0.6) is 0 Å². The highest BCUT2D eigenvalue weighted by atomic mass is 15.1. The van der Waals surface area contributed by atoms with Crippen molar-refractivity contribution in [2.75, 3.05) is 18.0 Å². The summed E-state index contributed by atoms with van der Waals surface area (Å²) in [5.74, 6) is 0.174. The van der Waals surface area contributed by atoms with Gasteiger partial charge in [0.2, 0.25) is 0 Å². The quantitative estimate of drug-likeness (QED) is 0.607. The van der Waals surface area contributed by atoms with E-state index >= 15 is 0 Å². The number of nitrogens with one attached hydrogen (secondary N) is 1. The van der Waals surface area contributed by atoms with Crippen LogP contribution in [0.1, 0.15) is 36.8 Å². The fourth-order valence-electron chi connectivity index (χ4n) is 2.45. The average molecular weight is 231 g/mol. The lowest BCUT2D eigenvalue weighted by Gasteiger charge is -2.25. The van der Waals surface area contributed by atoms with Crippen LogP contribution in [0.2, 0.25) is 0 Å². The SMILES string of the molecule is Cc1ccc(N2CCCCCC2)c(C(=N)N)c1. The van der Waals surface area contributed by atoms with Gasteiger partial charge in [-0.15, -0.1) is 0 Å². The Morgan fingerprint density at radius 2 is 1.82 bits per heavy atom. The molecule has 0 amide bonds. The van der Waals surface area contributed by atoms with E-state index < -0.39 is 0 Å². The molecule has 1 saturated heterocycles. The molecule has 0 spiro atoms. The minimum Gasteiger partial charge on any atom is -0.384 e.